The van der Waals surface area contributed by atoms with Crippen LogP contribution in [0.1, 0.15) is 12.0 Å². The largest absolute Gasteiger partial charge is 0.366 e. The summed E-state index contributed by atoms with van der Waals surface area (Å²) < 4.78 is 0. The molecule has 2 rings (SSSR count). The number of anilines is 2. The molecule has 6 heteroatoms. The van der Waals surface area contributed by atoms with Gasteiger partial charge in [0.25, 0.3) is 0 Å². The van der Waals surface area contributed by atoms with Crippen molar-refractivity contribution in [3.05, 3.63) is 42.5 Å². The Labute approximate surface area is 118 Å². The van der Waals surface area contributed by atoms with Crippen molar-refractivity contribution >= 4 is 11.6 Å². The molecule has 1 N–H and O–H groups in total. The molecule has 0 fully saturated rings. The first-order chi connectivity index (χ1) is 9.79. The van der Waals surface area contributed by atoms with Crippen molar-refractivity contribution in [1.29, 1.82) is 5.26 Å². The van der Waals surface area contributed by atoms with Crippen molar-refractivity contribution in [3.8, 4) is 6.07 Å². The van der Waals surface area contributed by atoms with Gasteiger partial charge in [0, 0.05) is 38.6 Å². The molecule has 0 radical (unpaired) electrons. The molecule has 0 spiro atoms. The topological polar surface area (TPSA) is 77.7 Å². The minimum absolute atomic E-state index is 0.473. The zero-order chi connectivity index (χ0) is 14.2. The Morgan fingerprint density at radius 3 is 2.85 bits per heavy atom. The summed E-state index contributed by atoms with van der Waals surface area (Å²) in [6.07, 6.45) is 5.52. The van der Waals surface area contributed by atoms with Gasteiger partial charge in [-0.2, -0.15) is 5.26 Å². The molecule has 0 aromatic carbocycles. The SMILES string of the molecule is CN(CCC#N)c1cc(NCc2ccncc2)ncn1. The third kappa shape index (κ3) is 3.92. The lowest BCUT2D eigenvalue weighted by atomic mass is 10.3. The molecule has 0 unspecified atom stereocenters. The van der Waals surface area contributed by atoms with E-state index in [9.17, 15) is 0 Å². The molecular formula is C14H16N6. The van der Waals surface area contributed by atoms with Gasteiger partial charge in [0.2, 0.25) is 0 Å². The van der Waals surface area contributed by atoms with Gasteiger partial charge in [0.15, 0.2) is 0 Å². The van der Waals surface area contributed by atoms with Crippen LogP contribution in [0.25, 0.3) is 0 Å². The van der Waals surface area contributed by atoms with E-state index in [-0.39, 0.29) is 0 Å². The summed E-state index contributed by atoms with van der Waals surface area (Å²) in [6, 6.07) is 7.90. The Balaban J connectivity index is 1.97. The fraction of sp³-hybridized carbons (Fsp3) is 0.286. The molecule has 0 saturated carbocycles. The number of pyridine rings is 1. The smallest absolute Gasteiger partial charge is 0.133 e. The molecule has 0 atom stereocenters. The van der Waals surface area contributed by atoms with Gasteiger partial charge < -0.3 is 10.2 Å². The lowest BCUT2D eigenvalue weighted by Gasteiger charge is -2.16. The van der Waals surface area contributed by atoms with Crippen LogP contribution in [-0.2, 0) is 6.54 Å². The minimum atomic E-state index is 0.473. The summed E-state index contributed by atoms with van der Waals surface area (Å²) in [5, 5.41) is 11.8. The van der Waals surface area contributed by atoms with Crippen molar-refractivity contribution in [1.82, 2.24) is 15.0 Å². The van der Waals surface area contributed by atoms with Crippen LogP contribution in [0.3, 0.4) is 0 Å². The first-order valence-corrected chi connectivity index (χ1v) is 6.32. The molecule has 0 aliphatic heterocycles. The highest BCUT2D eigenvalue weighted by Gasteiger charge is 2.04. The maximum Gasteiger partial charge on any atom is 0.133 e. The lowest BCUT2D eigenvalue weighted by molar-refractivity contribution is 0.879. The van der Waals surface area contributed by atoms with Crippen molar-refractivity contribution in [2.24, 2.45) is 0 Å². The third-order valence-corrected chi connectivity index (χ3v) is 2.83. The highest BCUT2D eigenvalue weighted by Crippen LogP contribution is 2.13. The fourth-order valence-electron chi connectivity index (χ4n) is 1.68. The van der Waals surface area contributed by atoms with E-state index >= 15 is 0 Å². The van der Waals surface area contributed by atoms with Crippen LogP contribution in [0.4, 0.5) is 11.6 Å². The summed E-state index contributed by atoms with van der Waals surface area (Å²) in [7, 11) is 1.91. The standard InChI is InChI=1S/C14H16N6/c1-20(8-2-5-15)14-9-13(18-11-19-14)17-10-12-3-6-16-7-4-12/h3-4,6-7,9,11H,2,8,10H2,1H3,(H,17,18,19). The monoisotopic (exact) mass is 268 g/mol. The number of rotatable bonds is 6. The van der Waals surface area contributed by atoms with E-state index in [0.717, 1.165) is 17.2 Å². The van der Waals surface area contributed by atoms with Crippen LogP contribution in [0.2, 0.25) is 0 Å². The van der Waals surface area contributed by atoms with Crippen molar-refractivity contribution < 1.29 is 0 Å². The second-order valence-electron chi connectivity index (χ2n) is 4.30. The van der Waals surface area contributed by atoms with Crippen LogP contribution in [-0.4, -0.2) is 28.5 Å². The second kappa shape index (κ2) is 7.04. The Hall–Kier alpha value is -2.68. The van der Waals surface area contributed by atoms with E-state index in [0.29, 0.717) is 19.5 Å². The number of nitrogens with one attached hydrogen (secondary N) is 1. The number of hydrogen-bond acceptors (Lipinski definition) is 6. The van der Waals surface area contributed by atoms with Gasteiger partial charge in [0.1, 0.15) is 18.0 Å². The maximum absolute atomic E-state index is 8.60. The molecule has 0 amide bonds. The molecule has 0 aliphatic carbocycles. The first kappa shape index (κ1) is 13.7. The molecule has 102 valence electrons. The Morgan fingerprint density at radius 2 is 2.10 bits per heavy atom. The molecular weight excluding hydrogens is 252 g/mol. The number of aromatic nitrogens is 3. The van der Waals surface area contributed by atoms with Crippen molar-refractivity contribution in [2.45, 2.75) is 13.0 Å². The van der Waals surface area contributed by atoms with Gasteiger partial charge in [-0.1, -0.05) is 0 Å². The summed E-state index contributed by atoms with van der Waals surface area (Å²) in [4.78, 5) is 14.3. The van der Waals surface area contributed by atoms with Gasteiger partial charge >= 0.3 is 0 Å². The summed E-state index contributed by atoms with van der Waals surface area (Å²) in [5.41, 5.74) is 1.14. The molecule has 2 heterocycles. The average molecular weight is 268 g/mol. The van der Waals surface area contributed by atoms with Gasteiger partial charge in [-0.15, -0.1) is 0 Å². The van der Waals surface area contributed by atoms with E-state index in [1.165, 1.54) is 6.33 Å². The van der Waals surface area contributed by atoms with E-state index in [4.69, 9.17) is 5.26 Å². The Morgan fingerprint density at radius 1 is 1.30 bits per heavy atom. The van der Waals surface area contributed by atoms with Crippen molar-refractivity contribution in [2.75, 3.05) is 23.8 Å². The highest BCUT2D eigenvalue weighted by molar-refractivity contribution is 5.48. The van der Waals surface area contributed by atoms with Gasteiger partial charge in [-0.25, -0.2) is 9.97 Å². The molecule has 6 nitrogen and oxygen atoms in total. The summed E-state index contributed by atoms with van der Waals surface area (Å²) in [6.45, 7) is 1.33. The second-order valence-corrected chi connectivity index (χ2v) is 4.30. The van der Waals surface area contributed by atoms with E-state index in [1.807, 2.05) is 30.1 Å². The van der Waals surface area contributed by atoms with Gasteiger partial charge in [-0.05, 0) is 17.7 Å². The summed E-state index contributed by atoms with van der Waals surface area (Å²) >= 11 is 0. The van der Waals surface area contributed by atoms with E-state index in [1.54, 1.807) is 12.4 Å². The quantitative estimate of drug-likeness (QED) is 0.861. The predicted octanol–water partition coefficient (Wildman–Crippen LogP) is 1.83. The van der Waals surface area contributed by atoms with Crippen LogP contribution >= 0.6 is 0 Å². The number of nitriles is 1. The van der Waals surface area contributed by atoms with Crippen LogP contribution in [0.5, 0.6) is 0 Å². The van der Waals surface area contributed by atoms with Crippen LogP contribution < -0.4 is 10.2 Å². The number of hydrogen-bond donors (Lipinski definition) is 1. The lowest BCUT2D eigenvalue weighted by Crippen LogP contribution is -2.19. The average Bonchev–Trinajstić information content (AvgIpc) is 2.52. The predicted molar refractivity (Wildman–Crippen MR) is 77.1 cm³/mol. The van der Waals surface area contributed by atoms with Crippen molar-refractivity contribution in [3.63, 3.8) is 0 Å². The zero-order valence-corrected chi connectivity index (χ0v) is 11.3. The van der Waals surface area contributed by atoms with Gasteiger partial charge in [-0.3, -0.25) is 4.98 Å². The Kier molecular flexibility index (Phi) is 4.84. The Bertz CT molecular complexity index is 578. The number of nitrogens with zero attached hydrogens (tertiary/aromatic N) is 5. The fourth-order valence-corrected chi connectivity index (χ4v) is 1.68. The summed E-state index contributed by atoms with van der Waals surface area (Å²) in [5.74, 6) is 1.56. The normalized spacial score (nSPS) is 9.80. The molecule has 2 aromatic heterocycles. The minimum Gasteiger partial charge on any atom is -0.366 e. The van der Waals surface area contributed by atoms with E-state index < -0.39 is 0 Å². The van der Waals surface area contributed by atoms with E-state index in [2.05, 4.69) is 26.3 Å². The van der Waals surface area contributed by atoms with Crippen LogP contribution in [0, 0.1) is 11.3 Å². The highest BCUT2D eigenvalue weighted by atomic mass is 15.2. The van der Waals surface area contributed by atoms with Crippen LogP contribution in [0.15, 0.2) is 36.9 Å². The maximum atomic E-state index is 8.60. The molecule has 20 heavy (non-hydrogen) atoms. The molecule has 0 bridgehead atoms. The van der Waals surface area contributed by atoms with Gasteiger partial charge in [0.05, 0.1) is 12.5 Å². The molecule has 0 aliphatic rings. The third-order valence-electron chi connectivity index (χ3n) is 2.83. The molecule has 2 aromatic rings. The molecule has 0 saturated heterocycles. The first-order valence-electron chi connectivity index (χ1n) is 6.32. The zero-order valence-electron chi connectivity index (χ0n) is 11.3.